The van der Waals surface area contributed by atoms with Gasteiger partial charge in [0.15, 0.2) is 6.29 Å². The highest BCUT2D eigenvalue weighted by atomic mass is 16.7. The van der Waals surface area contributed by atoms with Crippen LogP contribution in [-0.4, -0.2) is 55.8 Å². The van der Waals surface area contributed by atoms with Gasteiger partial charge in [0, 0.05) is 19.6 Å². The maximum Gasteiger partial charge on any atom is 0.158 e. The number of likely N-dealkylation sites (tertiary alicyclic amines) is 1. The number of aliphatic hydroxyl groups excluding tert-OH is 1. The van der Waals surface area contributed by atoms with Crippen molar-refractivity contribution in [3.8, 4) is 0 Å². The van der Waals surface area contributed by atoms with E-state index in [9.17, 15) is 0 Å². The fourth-order valence-electron chi connectivity index (χ4n) is 2.38. The molecule has 0 aromatic carbocycles. The lowest BCUT2D eigenvalue weighted by Gasteiger charge is -2.32. The van der Waals surface area contributed by atoms with E-state index in [4.69, 9.17) is 14.6 Å². The first-order valence-electron chi connectivity index (χ1n) is 6.45. The number of ether oxygens (including phenoxy) is 2. The fourth-order valence-corrected chi connectivity index (χ4v) is 2.38. The molecule has 2 saturated heterocycles. The van der Waals surface area contributed by atoms with Crippen molar-refractivity contribution >= 4 is 0 Å². The Bertz CT molecular complexity index is 187. The molecule has 1 N–H and O–H groups in total. The van der Waals surface area contributed by atoms with E-state index in [2.05, 4.69) is 4.90 Å². The van der Waals surface area contributed by atoms with E-state index in [0.29, 0.717) is 12.5 Å². The third-order valence-corrected chi connectivity index (χ3v) is 3.54. The van der Waals surface area contributed by atoms with Crippen molar-refractivity contribution in [2.75, 3.05) is 39.5 Å². The lowest BCUT2D eigenvalue weighted by molar-refractivity contribution is -0.182. The third kappa shape index (κ3) is 3.70. The zero-order valence-corrected chi connectivity index (χ0v) is 9.94. The fraction of sp³-hybridized carbons (Fsp3) is 1.00. The summed E-state index contributed by atoms with van der Waals surface area (Å²) in [6.45, 7) is 5.32. The van der Waals surface area contributed by atoms with Gasteiger partial charge in [0.25, 0.3) is 0 Å². The summed E-state index contributed by atoms with van der Waals surface area (Å²) in [5.74, 6) is 0.526. The van der Waals surface area contributed by atoms with Gasteiger partial charge in [0.05, 0.1) is 13.2 Å². The molecule has 4 nitrogen and oxygen atoms in total. The van der Waals surface area contributed by atoms with Crippen LogP contribution >= 0.6 is 0 Å². The highest BCUT2D eigenvalue weighted by Gasteiger charge is 2.20. The van der Waals surface area contributed by atoms with Crippen LogP contribution in [0, 0.1) is 5.92 Å². The maximum atomic E-state index is 9.05. The van der Waals surface area contributed by atoms with Crippen molar-refractivity contribution in [3.05, 3.63) is 0 Å². The van der Waals surface area contributed by atoms with Gasteiger partial charge in [-0.3, -0.25) is 0 Å². The summed E-state index contributed by atoms with van der Waals surface area (Å²) in [5.41, 5.74) is 0. The number of hydrogen-bond donors (Lipinski definition) is 1. The van der Waals surface area contributed by atoms with Crippen LogP contribution in [0.2, 0.25) is 0 Å². The molecule has 4 heteroatoms. The Morgan fingerprint density at radius 3 is 2.44 bits per heavy atom. The van der Waals surface area contributed by atoms with Crippen LogP contribution in [0.3, 0.4) is 0 Å². The van der Waals surface area contributed by atoms with E-state index < -0.39 is 0 Å². The Hall–Kier alpha value is -0.160. The van der Waals surface area contributed by atoms with Crippen molar-refractivity contribution in [1.29, 1.82) is 0 Å². The Balaban J connectivity index is 1.59. The molecule has 0 aromatic rings. The molecule has 2 aliphatic rings. The van der Waals surface area contributed by atoms with Gasteiger partial charge in [-0.25, -0.2) is 0 Å². The molecule has 16 heavy (non-hydrogen) atoms. The zero-order chi connectivity index (χ0) is 11.2. The minimum atomic E-state index is 0.0179. The van der Waals surface area contributed by atoms with Gasteiger partial charge in [-0.2, -0.15) is 0 Å². The number of hydrogen-bond acceptors (Lipinski definition) is 4. The molecule has 2 rings (SSSR count). The molecule has 0 bridgehead atoms. The Kier molecular flexibility index (Phi) is 5.03. The maximum absolute atomic E-state index is 9.05. The van der Waals surface area contributed by atoms with Gasteiger partial charge in [0.2, 0.25) is 0 Å². The van der Waals surface area contributed by atoms with Crippen molar-refractivity contribution in [1.82, 2.24) is 4.90 Å². The van der Waals surface area contributed by atoms with Crippen LogP contribution in [0.4, 0.5) is 0 Å². The van der Waals surface area contributed by atoms with Crippen LogP contribution in [0.1, 0.15) is 25.7 Å². The summed E-state index contributed by atoms with van der Waals surface area (Å²) >= 11 is 0. The first-order valence-corrected chi connectivity index (χ1v) is 6.45. The molecule has 0 amide bonds. The number of nitrogens with zero attached hydrogens (tertiary/aromatic N) is 1. The molecule has 2 aliphatic heterocycles. The van der Waals surface area contributed by atoms with E-state index in [1.54, 1.807) is 0 Å². The Labute approximate surface area is 97.5 Å². The van der Waals surface area contributed by atoms with Crippen molar-refractivity contribution in [3.63, 3.8) is 0 Å². The summed E-state index contributed by atoms with van der Waals surface area (Å²) in [7, 11) is 0. The highest BCUT2D eigenvalue weighted by molar-refractivity contribution is 4.72. The van der Waals surface area contributed by atoms with Gasteiger partial charge in [-0.1, -0.05) is 0 Å². The summed E-state index contributed by atoms with van der Waals surface area (Å²) in [6.07, 6.45) is 4.28. The molecule has 0 atom stereocenters. The second kappa shape index (κ2) is 6.55. The first-order chi connectivity index (χ1) is 7.88. The molecule has 2 fully saturated rings. The zero-order valence-electron chi connectivity index (χ0n) is 9.94. The molecule has 0 aromatic heterocycles. The highest BCUT2D eigenvalue weighted by Crippen LogP contribution is 2.17. The normalized spacial score (nSPS) is 26.1. The van der Waals surface area contributed by atoms with Gasteiger partial charge in [-0.05, 0) is 38.3 Å². The minimum Gasteiger partial charge on any atom is -0.396 e. The van der Waals surface area contributed by atoms with Crippen LogP contribution in [0.15, 0.2) is 0 Å². The van der Waals surface area contributed by atoms with Gasteiger partial charge >= 0.3 is 0 Å². The molecule has 0 spiro atoms. The lowest BCUT2D eigenvalue weighted by atomic mass is 9.98. The lowest BCUT2D eigenvalue weighted by Crippen LogP contribution is -2.37. The summed E-state index contributed by atoms with van der Waals surface area (Å²) in [5, 5.41) is 9.05. The van der Waals surface area contributed by atoms with Crippen molar-refractivity contribution in [2.24, 2.45) is 5.92 Å². The van der Waals surface area contributed by atoms with Crippen LogP contribution in [0.25, 0.3) is 0 Å². The summed E-state index contributed by atoms with van der Waals surface area (Å²) in [6, 6.07) is 0. The largest absolute Gasteiger partial charge is 0.396 e. The SMILES string of the molecule is OCC1CCN(CCC2OCCCO2)CC1. The topological polar surface area (TPSA) is 41.9 Å². The summed E-state index contributed by atoms with van der Waals surface area (Å²) in [4.78, 5) is 2.45. The van der Waals surface area contributed by atoms with Gasteiger partial charge < -0.3 is 19.5 Å². The molecule has 94 valence electrons. The number of rotatable bonds is 4. The quantitative estimate of drug-likeness (QED) is 0.776. The smallest absolute Gasteiger partial charge is 0.158 e. The van der Waals surface area contributed by atoms with Gasteiger partial charge in [-0.15, -0.1) is 0 Å². The second-order valence-electron chi connectivity index (χ2n) is 4.78. The standard InChI is InChI=1S/C12H23NO3/c14-10-11-2-5-13(6-3-11)7-4-12-15-8-1-9-16-12/h11-12,14H,1-10H2. The number of piperidine rings is 1. The molecule has 0 radical (unpaired) electrons. The summed E-state index contributed by atoms with van der Waals surface area (Å²) < 4.78 is 11.0. The van der Waals surface area contributed by atoms with E-state index in [1.807, 2.05) is 0 Å². The number of aliphatic hydroxyl groups is 1. The third-order valence-electron chi connectivity index (χ3n) is 3.54. The first kappa shape index (κ1) is 12.3. The average molecular weight is 229 g/mol. The van der Waals surface area contributed by atoms with E-state index in [0.717, 1.165) is 58.5 Å². The molecular weight excluding hydrogens is 206 g/mol. The molecule has 2 heterocycles. The second-order valence-corrected chi connectivity index (χ2v) is 4.78. The van der Waals surface area contributed by atoms with Gasteiger partial charge in [0.1, 0.15) is 0 Å². The predicted molar refractivity (Wildman–Crippen MR) is 61.2 cm³/mol. The molecular formula is C12H23NO3. The van der Waals surface area contributed by atoms with E-state index in [-0.39, 0.29) is 6.29 Å². The van der Waals surface area contributed by atoms with E-state index in [1.165, 1.54) is 0 Å². The Morgan fingerprint density at radius 2 is 1.81 bits per heavy atom. The van der Waals surface area contributed by atoms with Crippen LogP contribution in [0.5, 0.6) is 0 Å². The van der Waals surface area contributed by atoms with Crippen molar-refractivity contribution in [2.45, 2.75) is 32.0 Å². The van der Waals surface area contributed by atoms with E-state index >= 15 is 0 Å². The van der Waals surface area contributed by atoms with Crippen LogP contribution in [-0.2, 0) is 9.47 Å². The van der Waals surface area contributed by atoms with Crippen molar-refractivity contribution < 1.29 is 14.6 Å². The average Bonchev–Trinajstić information content (AvgIpc) is 2.38. The Morgan fingerprint density at radius 1 is 1.12 bits per heavy atom. The minimum absolute atomic E-state index is 0.0179. The monoisotopic (exact) mass is 229 g/mol. The predicted octanol–water partition coefficient (Wildman–Crippen LogP) is 0.844. The molecule has 0 aliphatic carbocycles. The molecule has 0 unspecified atom stereocenters. The van der Waals surface area contributed by atoms with Crippen LogP contribution < -0.4 is 0 Å². The molecule has 0 saturated carbocycles.